The second kappa shape index (κ2) is 3.89. The van der Waals surface area contributed by atoms with E-state index in [1.807, 2.05) is 0 Å². The van der Waals surface area contributed by atoms with Crippen LogP contribution in [0.25, 0.3) is 0 Å². The number of rotatable bonds is 3. The summed E-state index contributed by atoms with van der Waals surface area (Å²) < 4.78 is 0. The van der Waals surface area contributed by atoms with E-state index in [2.05, 4.69) is 0 Å². The second-order valence-corrected chi connectivity index (χ2v) is 2.08. The maximum Gasteiger partial charge on any atom is 0.325 e. The van der Waals surface area contributed by atoms with E-state index in [9.17, 15) is 9.59 Å². The van der Waals surface area contributed by atoms with Crippen molar-refractivity contribution in [3.05, 3.63) is 0 Å². The van der Waals surface area contributed by atoms with E-state index in [1.165, 1.54) is 6.92 Å². The molecule has 0 heterocycles. The maximum absolute atomic E-state index is 10.7. The largest absolute Gasteiger partial charge is 0.480 e. The zero-order chi connectivity index (χ0) is 9.02. The van der Waals surface area contributed by atoms with Gasteiger partial charge in [0.05, 0.1) is 6.04 Å². The van der Waals surface area contributed by atoms with Gasteiger partial charge in [-0.25, -0.2) is 5.06 Å². The predicted molar refractivity (Wildman–Crippen MR) is 34.8 cm³/mol. The molecule has 1 atom stereocenters. The van der Waals surface area contributed by atoms with Crippen LogP contribution in [0.4, 0.5) is 0 Å². The second-order valence-electron chi connectivity index (χ2n) is 2.08. The van der Waals surface area contributed by atoms with Crippen molar-refractivity contribution in [2.24, 2.45) is 5.73 Å². The van der Waals surface area contributed by atoms with Crippen LogP contribution in [-0.4, -0.2) is 39.8 Å². The van der Waals surface area contributed by atoms with Gasteiger partial charge in [0.2, 0.25) is 0 Å². The Balaban J connectivity index is 3.93. The molecule has 0 bridgehead atoms. The molecule has 11 heavy (non-hydrogen) atoms. The van der Waals surface area contributed by atoms with E-state index in [-0.39, 0.29) is 5.06 Å². The first-order chi connectivity index (χ1) is 4.95. The summed E-state index contributed by atoms with van der Waals surface area (Å²) in [6, 6.07) is -0.889. The van der Waals surface area contributed by atoms with Gasteiger partial charge in [-0.15, -0.1) is 0 Å². The fourth-order valence-corrected chi connectivity index (χ4v) is 0.441. The minimum absolute atomic E-state index is 0.0764. The van der Waals surface area contributed by atoms with Crippen LogP contribution in [0.5, 0.6) is 0 Å². The van der Waals surface area contributed by atoms with E-state index in [4.69, 9.17) is 16.0 Å². The molecule has 64 valence electrons. The Morgan fingerprint density at radius 2 is 2.09 bits per heavy atom. The number of hydrogen-bond donors (Lipinski definition) is 3. The Hall–Kier alpha value is -1.14. The molecule has 0 unspecified atom stereocenters. The zero-order valence-corrected chi connectivity index (χ0v) is 6.02. The Labute approximate surface area is 63.2 Å². The molecule has 0 radical (unpaired) electrons. The number of nitrogens with two attached hydrogens (primary N) is 1. The number of hydrogen-bond acceptors (Lipinski definition) is 4. The summed E-state index contributed by atoms with van der Waals surface area (Å²) in [5.74, 6) is -2.10. The highest BCUT2D eigenvalue weighted by atomic mass is 16.5. The molecule has 0 aliphatic rings. The maximum atomic E-state index is 10.7. The number of carboxylic acids is 1. The van der Waals surface area contributed by atoms with E-state index >= 15 is 0 Å². The highest BCUT2D eigenvalue weighted by Crippen LogP contribution is 1.87. The van der Waals surface area contributed by atoms with Crippen molar-refractivity contribution in [3.63, 3.8) is 0 Å². The molecular formula is C5H10N2O4. The Kier molecular flexibility index (Phi) is 3.49. The summed E-state index contributed by atoms with van der Waals surface area (Å²) in [6.07, 6.45) is 0. The summed E-state index contributed by atoms with van der Waals surface area (Å²) in [4.78, 5) is 20.6. The van der Waals surface area contributed by atoms with Gasteiger partial charge in [-0.1, -0.05) is 0 Å². The summed E-state index contributed by atoms with van der Waals surface area (Å²) in [7, 11) is 0. The van der Waals surface area contributed by atoms with Crippen LogP contribution in [0.2, 0.25) is 0 Å². The molecule has 0 aromatic heterocycles. The lowest BCUT2D eigenvalue weighted by molar-refractivity contribution is -0.174. The molecule has 4 N–H and O–H groups in total. The number of hydroxylamine groups is 2. The molecule has 0 saturated carbocycles. The smallest absolute Gasteiger partial charge is 0.325 e. The normalized spacial score (nSPS) is 12.3. The van der Waals surface area contributed by atoms with E-state index in [1.54, 1.807) is 0 Å². The first kappa shape index (κ1) is 9.86. The van der Waals surface area contributed by atoms with Gasteiger partial charge in [0.15, 0.2) is 0 Å². The number of amides is 1. The van der Waals surface area contributed by atoms with Gasteiger partial charge >= 0.3 is 5.97 Å². The summed E-state index contributed by atoms with van der Waals surface area (Å²) >= 11 is 0. The van der Waals surface area contributed by atoms with E-state index < -0.39 is 24.5 Å². The van der Waals surface area contributed by atoms with Gasteiger partial charge in [0.1, 0.15) is 6.54 Å². The van der Waals surface area contributed by atoms with Crippen LogP contribution < -0.4 is 5.73 Å². The standard InChI is InChI=1S/C5H10N2O4/c1-3(6)5(10)7(11)2-4(8)9/h3,11H,2,6H2,1H3,(H,8,9)/t3-/m1/s1. The average Bonchev–Trinajstić information content (AvgIpc) is 1.84. The molecule has 1 amide bonds. The molecule has 6 nitrogen and oxygen atoms in total. The zero-order valence-electron chi connectivity index (χ0n) is 6.02. The molecule has 0 rings (SSSR count). The minimum Gasteiger partial charge on any atom is -0.480 e. The third-order valence-electron chi connectivity index (χ3n) is 0.929. The number of aliphatic carboxylic acids is 1. The Morgan fingerprint density at radius 1 is 1.64 bits per heavy atom. The van der Waals surface area contributed by atoms with Crippen LogP contribution in [0.3, 0.4) is 0 Å². The van der Waals surface area contributed by atoms with Crippen molar-refractivity contribution in [2.75, 3.05) is 6.54 Å². The molecule has 6 heteroatoms. The van der Waals surface area contributed by atoms with Crippen LogP contribution in [0.15, 0.2) is 0 Å². The minimum atomic E-state index is -1.29. The van der Waals surface area contributed by atoms with Gasteiger partial charge in [-0.05, 0) is 6.92 Å². The number of carbonyl (C=O) groups excluding carboxylic acids is 1. The van der Waals surface area contributed by atoms with Gasteiger partial charge in [-0.2, -0.15) is 0 Å². The number of carbonyl (C=O) groups is 2. The van der Waals surface area contributed by atoms with Gasteiger partial charge in [0, 0.05) is 0 Å². The summed E-state index contributed by atoms with van der Waals surface area (Å²) in [5.41, 5.74) is 5.07. The topological polar surface area (TPSA) is 104 Å². The predicted octanol–water partition coefficient (Wildman–Crippen LogP) is -1.36. The molecule has 0 aliphatic carbocycles. The fraction of sp³-hybridized carbons (Fsp3) is 0.600. The molecule has 0 aromatic carbocycles. The van der Waals surface area contributed by atoms with Crippen molar-refractivity contribution in [2.45, 2.75) is 13.0 Å². The van der Waals surface area contributed by atoms with Crippen LogP contribution in [-0.2, 0) is 9.59 Å². The lowest BCUT2D eigenvalue weighted by atomic mass is 10.3. The SMILES string of the molecule is C[C@@H](N)C(=O)N(O)CC(=O)O. The van der Waals surface area contributed by atoms with Crippen molar-refractivity contribution < 1.29 is 19.9 Å². The molecule has 0 saturated heterocycles. The van der Waals surface area contributed by atoms with Crippen molar-refractivity contribution >= 4 is 11.9 Å². The van der Waals surface area contributed by atoms with Crippen molar-refractivity contribution in [3.8, 4) is 0 Å². The highest BCUT2D eigenvalue weighted by molar-refractivity contribution is 5.83. The van der Waals surface area contributed by atoms with Gasteiger partial charge in [0.25, 0.3) is 5.91 Å². The van der Waals surface area contributed by atoms with Crippen LogP contribution >= 0.6 is 0 Å². The van der Waals surface area contributed by atoms with Gasteiger partial charge < -0.3 is 10.8 Å². The molecule has 0 fully saturated rings. The Morgan fingerprint density at radius 3 is 2.36 bits per heavy atom. The molecule has 0 spiro atoms. The van der Waals surface area contributed by atoms with Crippen LogP contribution in [0.1, 0.15) is 6.92 Å². The first-order valence-electron chi connectivity index (χ1n) is 2.92. The van der Waals surface area contributed by atoms with Gasteiger partial charge in [-0.3, -0.25) is 14.8 Å². The van der Waals surface area contributed by atoms with Crippen molar-refractivity contribution in [1.29, 1.82) is 0 Å². The first-order valence-corrected chi connectivity index (χ1v) is 2.92. The third-order valence-corrected chi connectivity index (χ3v) is 0.929. The highest BCUT2D eigenvalue weighted by Gasteiger charge is 2.17. The summed E-state index contributed by atoms with van der Waals surface area (Å²) in [6.45, 7) is 0.605. The summed E-state index contributed by atoms with van der Waals surface area (Å²) in [5, 5.41) is 16.9. The third kappa shape index (κ3) is 3.54. The van der Waals surface area contributed by atoms with Crippen LogP contribution in [0, 0.1) is 0 Å². The number of carboxylic acid groups (broad SMARTS) is 1. The monoisotopic (exact) mass is 162 g/mol. The average molecular weight is 162 g/mol. The molecule has 0 aromatic rings. The quantitative estimate of drug-likeness (QED) is 0.351. The Bertz CT molecular complexity index is 168. The number of nitrogens with zero attached hydrogens (tertiary/aromatic N) is 1. The van der Waals surface area contributed by atoms with Crippen molar-refractivity contribution in [1.82, 2.24) is 5.06 Å². The lowest BCUT2D eigenvalue weighted by Gasteiger charge is -2.13. The van der Waals surface area contributed by atoms with E-state index in [0.29, 0.717) is 0 Å². The lowest BCUT2D eigenvalue weighted by Crippen LogP contribution is -2.42. The molecular weight excluding hydrogens is 152 g/mol. The molecule has 0 aliphatic heterocycles. The fourth-order valence-electron chi connectivity index (χ4n) is 0.441. The van der Waals surface area contributed by atoms with E-state index in [0.717, 1.165) is 0 Å².